The highest BCUT2D eigenvalue weighted by Gasteiger charge is 2.29. The van der Waals surface area contributed by atoms with Crippen LogP contribution < -0.4 is 10.1 Å². The summed E-state index contributed by atoms with van der Waals surface area (Å²) >= 11 is 3.06. The van der Waals surface area contributed by atoms with Crippen LogP contribution in [0.2, 0.25) is 0 Å². The van der Waals surface area contributed by atoms with Gasteiger partial charge in [0.15, 0.2) is 9.66 Å². The van der Waals surface area contributed by atoms with E-state index in [1.807, 2.05) is 18.6 Å². The number of rotatable bonds is 4. The van der Waals surface area contributed by atoms with Crippen molar-refractivity contribution < 1.29 is 4.74 Å². The predicted octanol–water partition coefficient (Wildman–Crippen LogP) is 4.60. The van der Waals surface area contributed by atoms with Gasteiger partial charge in [0.25, 0.3) is 5.19 Å². The lowest BCUT2D eigenvalue weighted by Crippen LogP contribution is -2.49. The lowest BCUT2D eigenvalue weighted by Gasteiger charge is -2.35. The third kappa shape index (κ3) is 3.40. The molecule has 0 aliphatic carbocycles. The Morgan fingerprint density at radius 3 is 2.87 bits per heavy atom. The lowest BCUT2D eigenvalue weighted by molar-refractivity contribution is 0.112. The monoisotopic (exact) mass is 451 g/mol. The number of hydrogen-bond acceptors (Lipinski definition) is 8. The van der Waals surface area contributed by atoms with E-state index < -0.39 is 0 Å². The highest BCUT2D eigenvalue weighted by atomic mass is 32.1. The molecular weight excluding hydrogens is 430 g/mol. The summed E-state index contributed by atoms with van der Waals surface area (Å²) in [4.78, 5) is 19.4. The van der Waals surface area contributed by atoms with Crippen molar-refractivity contribution in [2.75, 3.05) is 6.54 Å². The van der Waals surface area contributed by atoms with Gasteiger partial charge in [-0.1, -0.05) is 22.7 Å². The number of thiazole rings is 2. The average Bonchev–Trinajstić information content (AvgIpc) is 3.50. The van der Waals surface area contributed by atoms with Crippen LogP contribution in [0.25, 0.3) is 42.4 Å². The molecule has 0 radical (unpaired) electrons. The van der Waals surface area contributed by atoms with Crippen LogP contribution in [-0.2, 0) is 0 Å². The molecule has 8 nitrogen and oxygen atoms in total. The third-order valence-electron chi connectivity index (χ3n) is 5.64. The van der Waals surface area contributed by atoms with Gasteiger partial charge in [-0.05, 0) is 32.9 Å². The standard InChI is InChI=1S/C21H21N7OS2/c1-21(2)7-12(3-6-24-21)29-20-28-19-18(31-20)27-17(30-19)16-15-13(4-5-22-15)14(10-23-16)11-8-25-26-9-11/h4-5,8-10,12,22,24H,3,6-7H2,1-2H3,(H,25,26). The maximum Gasteiger partial charge on any atom is 0.276 e. The molecule has 0 aromatic carbocycles. The summed E-state index contributed by atoms with van der Waals surface area (Å²) < 4.78 is 6.20. The predicted molar refractivity (Wildman–Crippen MR) is 124 cm³/mol. The van der Waals surface area contributed by atoms with E-state index in [-0.39, 0.29) is 11.6 Å². The lowest BCUT2D eigenvalue weighted by atomic mass is 9.91. The van der Waals surface area contributed by atoms with E-state index in [1.54, 1.807) is 17.5 Å². The van der Waals surface area contributed by atoms with E-state index in [4.69, 9.17) is 19.7 Å². The Bertz CT molecular complexity index is 1330. The number of nitrogens with zero attached hydrogens (tertiary/aromatic N) is 4. The number of H-pyrrole nitrogens is 2. The van der Waals surface area contributed by atoms with Crippen molar-refractivity contribution >= 4 is 43.2 Å². The molecule has 0 amide bonds. The quantitative estimate of drug-likeness (QED) is 0.369. The Labute approximate surface area is 186 Å². The zero-order chi connectivity index (χ0) is 21.0. The minimum absolute atomic E-state index is 0.0959. The van der Waals surface area contributed by atoms with Crippen LogP contribution >= 0.6 is 22.7 Å². The molecule has 5 aromatic heterocycles. The van der Waals surface area contributed by atoms with Crippen LogP contribution in [0.1, 0.15) is 26.7 Å². The van der Waals surface area contributed by atoms with E-state index in [9.17, 15) is 0 Å². The highest BCUT2D eigenvalue weighted by molar-refractivity contribution is 7.28. The Morgan fingerprint density at radius 2 is 2.06 bits per heavy atom. The summed E-state index contributed by atoms with van der Waals surface area (Å²) in [7, 11) is 0. The fourth-order valence-corrected chi connectivity index (χ4v) is 6.13. The highest BCUT2D eigenvalue weighted by Crippen LogP contribution is 2.39. The first-order valence-electron chi connectivity index (χ1n) is 10.2. The second-order valence-corrected chi connectivity index (χ2v) is 10.3. The van der Waals surface area contributed by atoms with Gasteiger partial charge in [-0.3, -0.25) is 10.1 Å². The number of pyridine rings is 1. The van der Waals surface area contributed by atoms with Crippen molar-refractivity contribution in [2.45, 2.75) is 38.3 Å². The van der Waals surface area contributed by atoms with Gasteiger partial charge >= 0.3 is 0 Å². The number of aromatic nitrogens is 6. The van der Waals surface area contributed by atoms with Crippen LogP contribution in [0.3, 0.4) is 0 Å². The van der Waals surface area contributed by atoms with Gasteiger partial charge in [-0.25, -0.2) is 4.98 Å². The molecule has 0 saturated carbocycles. The second-order valence-electron chi connectivity index (χ2n) is 8.43. The normalized spacial score (nSPS) is 18.7. The summed E-state index contributed by atoms with van der Waals surface area (Å²) in [5.74, 6) is 0. The molecule has 1 atom stereocenters. The molecule has 10 heteroatoms. The number of piperidine rings is 1. The molecule has 3 N–H and O–H groups in total. The fourth-order valence-electron chi connectivity index (χ4n) is 4.18. The minimum atomic E-state index is 0.0959. The second kappa shape index (κ2) is 7.11. The summed E-state index contributed by atoms with van der Waals surface area (Å²) in [6.45, 7) is 5.39. The van der Waals surface area contributed by atoms with Crippen molar-refractivity contribution in [3.8, 4) is 27.0 Å². The molecule has 158 valence electrons. The molecule has 6 rings (SSSR count). The Morgan fingerprint density at radius 1 is 1.16 bits per heavy atom. The molecule has 1 aliphatic rings. The van der Waals surface area contributed by atoms with Crippen LogP contribution in [0.4, 0.5) is 0 Å². The van der Waals surface area contributed by atoms with Crippen LogP contribution in [0.15, 0.2) is 30.9 Å². The third-order valence-corrected chi connectivity index (χ3v) is 7.57. The molecule has 0 bridgehead atoms. The number of fused-ring (bicyclic) bond motifs is 2. The largest absolute Gasteiger partial charge is 0.467 e. The Balaban J connectivity index is 1.31. The molecule has 5 aromatic rings. The van der Waals surface area contributed by atoms with Gasteiger partial charge in [0.1, 0.15) is 16.8 Å². The summed E-state index contributed by atoms with van der Waals surface area (Å²) in [6.07, 6.45) is 9.64. The number of nitrogens with one attached hydrogen (secondary N) is 3. The molecule has 1 fully saturated rings. The zero-order valence-corrected chi connectivity index (χ0v) is 18.7. The molecule has 31 heavy (non-hydrogen) atoms. The van der Waals surface area contributed by atoms with Crippen LogP contribution in [0, 0.1) is 0 Å². The van der Waals surface area contributed by atoms with Gasteiger partial charge in [-0.2, -0.15) is 10.1 Å². The molecule has 6 heterocycles. The molecular formula is C21H21N7OS2. The van der Waals surface area contributed by atoms with Crippen LogP contribution in [0.5, 0.6) is 5.19 Å². The van der Waals surface area contributed by atoms with E-state index >= 15 is 0 Å². The van der Waals surface area contributed by atoms with E-state index in [0.717, 1.165) is 61.8 Å². The molecule has 1 aliphatic heterocycles. The van der Waals surface area contributed by atoms with Crippen molar-refractivity contribution in [2.24, 2.45) is 0 Å². The maximum absolute atomic E-state index is 6.20. The van der Waals surface area contributed by atoms with Gasteiger partial charge in [0.05, 0.1) is 11.7 Å². The average molecular weight is 452 g/mol. The van der Waals surface area contributed by atoms with Crippen molar-refractivity contribution in [3.63, 3.8) is 0 Å². The maximum atomic E-state index is 6.20. The summed E-state index contributed by atoms with van der Waals surface area (Å²) in [5, 5.41) is 13.1. The first kappa shape index (κ1) is 18.9. The van der Waals surface area contributed by atoms with Crippen molar-refractivity contribution in [3.05, 3.63) is 30.9 Å². The van der Waals surface area contributed by atoms with E-state index in [0.29, 0.717) is 5.19 Å². The van der Waals surface area contributed by atoms with Crippen LogP contribution in [-0.4, -0.2) is 48.3 Å². The first-order chi connectivity index (χ1) is 15.1. The topological polar surface area (TPSA) is 104 Å². The number of ether oxygens (including phenoxy) is 1. The van der Waals surface area contributed by atoms with Crippen molar-refractivity contribution in [1.82, 2.24) is 35.5 Å². The number of hydrogen-bond donors (Lipinski definition) is 3. The van der Waals surface area contributed by atoms with Crippen molar-refractivity contribution in [1.29, 1.82) is 0 Å². The minimum Gasteiger partial charge on any atom is -0.467 e. The zero-order valence-electron chi connectivity index (χ0n) is 17.1. The SMILES string of the molecule is CC1(C)CC(Oc2nc3sc(-c4ncc(-c5cn[nH]c5)c5cc[nH]c45)nc3s2)CCN1. The van der Waals surface area contributed by atoms with E-state index in [1.165, 1.54) is 11.3 Å². The van der Waals surface area contributed by atoms with E-state index in [2.05, 4.69) is 40.4 Å². The smallest absolute Gasteiger partial charge is 0.276 e. The summed E-state index contributed by atoms with van der Waals surface area (Å²) in [5.41, 5.74) is 3.94. The molecule has 1 unspecified atom stereocenters. The molecule has 0 spiro atoms. The first-order valence-corrected chi connectivity index (χ1v) is 11.8. The van der Waals surface area contributed by atoms with Gasteiger partial charge in [0, 0.05) is 47.1 Å². The Hall–Kier alpha value is -2.82. The van der Waals surface area contributed by atoms with Gasteiger partial charge in [0.2, 0.25) is 0 Å². The fraction of sp³-hybridized carbons (Fsp3) is 0.333. The summed E-state index contributed by atoms with van der Waals surface area (Å²) in [6, 6.07) is 2.06. The molecule has 1 saturated heterocycles. The Kier molecular flexibility index (Phi) is 4.34. The van der Waals surface area contributed by atoms with Gasteiger partial charge < -0.3 is 15.0 Å². The number of aromatic amines is 2. The van der Waals surface area contributed by atoms with Gasteiger partial charge in [-0.15, -0.1) is 0 Å².